The highest BCUT2D eigenvalue weighted by Crippen LogP contribution is 2.33. The van der Waals surface area contributed by atoms with Crippen LogP contribution in [0.1, 0.15) is 39.0 Å². The molecule has 0 bridgehead atoms. The quantitative estimate of drug-likeness (QED) is 0.591. The maximum absolute atomic E-state index is 11.9. The molecule has 0 aliphatic heterocycles. The van der Waals surface area contributed by atoms with Crippen LogP contribution >= 0.6 is 0 Å². The summed E-state index contributed by atoms with van der Waals surface area (Å²) in [5.74, 6) is -0.562. The molecule has 0 saturated heterocycles. The van der Waals surface area contributed by atoms with Crippen molar-refractivity contribution in [3.05, 3.63) is 0 Å². The molecule has 1 fully saturated rings. The molecule has 0 heterocycles. The maximum Gasteiger partial charge on any atom is 0.315 e. The van der Waals surface area contributed by atoms with Gasteiger partial charge < -0.3 is 20.5 Å². The number of carbonyl (C=O) groups excluding carboxylic acids is 1. The summed E-state index contributed by atoms with van der Waals surface area (Å²) < 4.78 is 5.05. The highest BCUT2D eigenvalue weighted by atomic mass is 16.5. The summed E-state index contributed by atoms with van der Waals surface area (Å²) in [7, 11) is 1.60. The Morgan fingerprint density at radius 3 is 2.53 bits per heavy atom. The molecule has 1 saturated carbocycles. The average Bonchev–Trinajstić information content (AvgIpc) is 3.11. The Morgan fingerprint density at radius 1 is 1.37 bits per heavy atom. The third-order valence-corrected chi connectivity index (χ3v) is 3.24. The van der Waals surface area contributed by atoms with E-state index in [1.807, 2.05) is 6.92 Å². The largest absolute Gasteiger partial charge is 0.481 e. The fourth-order valence-corrected chi connectivity index (χ4v) is 2.16. The van der Waals surface area contributed by atoms with Crippen molar-refractivity contribution in [3.8, 4) is 0 Å². The lowest BCUT2D eigenvalue weighted by Crippen LogP contribution is -2.48. The standard InChI is InChI=1S/C13H24N2O4/c1-3-4-10(8-19-2)14-13(18)15-11(7-12(16)17)9-5-6-9/h9-11H,3-8H2,1-2H3,(H,16,17)(H2,14,15,18). The summed E-state index contributed by atoms with van der Waals surface area (Å²) in [5, 5.41) is 14.4. The van der Waals surface area contributed by atoms with Gasteiger partial charge in [0.05, 0.1) is 19.1 Å². The topological polar surface area (TPSA) is 87.7 Å². The van der Waals surface area contributed by atoms with Gasteiger partial charge in [-0.25, -0.2) is 4.79 Å². The minimum absolute atomic E-state index is 0.0131. The van der Waals surface area contributed by atoms with Crippen LogP contribution in [0.3, 0.4) is 0 Å². The van der Waals surface area contributed by atoms with Crippen LogP contribution in [-0.2, 0) is 9.53 Å². The molecule has 0 aromatic rings. The number of carboxylic acids is 1. The van der Waals surface area contributed by atoms with Crippen LogP contribution in [0, 0.1) is 5.92 Å². The van der Waals surface area contributed by atoms with E-state index in [2.05, 4.69) is 10.6 Å². The minimum atomic E-state index is -0.876. The lowest BCUT2D eigenvalue weighted by molar-refractivity contribution is -0.137. The number of aliphatic carboxylic acids is 1. The summed E-state index contributed by atoms with van der Waals surface area (Å²) in [4.78, 5) is 22.6. The van der Waals surface area contributed by atoms with Crippen LogP contribution in [-0.4, -0.2) is 42.9 Å². The first kappa shape index (κ1) is 15.8. The fourth-order valence-electron chi connectivity index (χ4n) is 2.16. The van der Waals surface area contributed by atoms with Crippen LogP contribution in [0.25, 0.3) is 0 Å². The van der Waals surface area contributed by atoms with Crippen molar-refractivity contribution >= 4 is 12.0 Å². The predicted molar refractivity (Wildman–Crippen MR) is 71.0 cm³/mol. The number of urea groups is 1. The van der Waals surface area contributed by atoms with Gasteiger partial charge in [0, 0.05) is 13.2 Å². The van der Waals surface area contributed by atoms with Crippen molar-refractivity contribution in [3.63, 3.8) is 0 Å². The fraction of sp³-hybridized carbons (Fsp3) is 0.846. The number of methoxy groups -OCH3 is 1. The van der Waals surface area contributed by atoms with E-state index >= 15 is 0 Å². The lowest BCUT2D eigenvalue weighted by atomic mass is 10.1. The Morgan fingerprint density at radius 2 is 2.05 bits per heavy atom. The van der Waals surface area contributed by atoms with Gasteiger partial charge in [-0.15, -0.1) is 0 Å². The molecule has 1 aliphatic rings. The van der Waals surface area contributed by atoms with Crippen molar-refractivity contribution < 1.29 is 19.4 Å². The summed E-state index contributed by atoms with van der Waals surface area (Å²) in [6, 6.07) is -0.587. The van der Waals surface area contributed by atoms with E-state index in [-0.39, 0.29) is 24.5 Å². The van der Waals surface area contributed by atoms with Gasteiger partial charge in [0.2, 0.25) is 0 Å². The van der Waals surface area contributed by atoms with E-state index in [0.29, 0.717) is 12.5 Å². The van der Waals surface area contributed by atoms with Crippen molar-refractivity contribution in [2.45, 2.75) is 51.1 Å². The number of nitrogens with one attached hydrogen (secondary N) is 2. The van der Waals surface area contributed by atoms with Crippen LogP contribution in [0.5, 0.6) is 0 Å². The van der Waals surface area contributed by atoms with E-state index in [1.165, 1.54) is 0 Å². The molecule has 2 amide bonds. The molecule has 6 heteroatoms. The van der Waals surface area contributed by atoms with Gasteiger partial charge in [-0.1, -0.05) is 13.3 Å². The lowest BCUT2D eigenvalue weighted by Gasteiger charge is -2.21. The highest BCUT2D eigenvalue weighted by Gasteiger charge is 2.33. The Kier molecular flexibility index (Phi) is 6.62. The second-order valence-electron chi connectivity index (χ2n) is 5.10. The summed E-state index contributed by atoms with van der Waals surface area (Å²) >= 11 is 0. The SMILES string of the molecule is CCCC(COC)NC(=O)NC(CC(=O)O)C1CC1. The van der Waals surface area contributed by atoms with Crippen molar-refractivity contribution in [1.29, 1.82) is 0 Å². The molecular weight excluding hydrogens is 248 g/mol. The van der Waals surface area contributed by atoms with E-state index in [1.54, 1.807) is 7.11 Å². The maximum atomic E-state index is 11.9. The summed E-state index contributed by atoms with van der Waals surface area (Å²) in [5.41, 5.74) is 0. The van der Waals surface area contributed by atoms with Gasteiger partial charge in [-0.3, -0.25) is 4.79 Å². The molecule has 1 rings (SSSR count). The average molecular weight is 272 g/mol. The molecule has 19 heavy (non-hydrogen) atoms. The monoisotopic (exact) mass is 272 g/mol. The molecule has 0 spiro atoms. The third kappa shape index (κ3) is 6.42. The van der Waals surface area contributed by atoms with Crippen molar-refractivity contribution in [2.24, 2.45) is 5.92 Å². The highest BCUT2D eigenvalue weighted by molar-refractivity contribution is 5.76. The molecule has 0 aromatic heterocycles. The Labute approximate surface area is 113 Å². The molecule has 110 valence electrons. The van der Waals surface area contributed by atoms with E-state index in [9.17, 15) is 9.59 Å². The van der Waals surface area contributed by atoms with Gasteiger partial charge in [-0.05, 0) is 25.2 Å². The van der Waals surface area contributed by atoms with Crippen molar-refractivity contribution in [1.82, 2.24) is 10.6 Å². The second kappa shape index (κ2) is 7.99. The van der Waals surface area contributed by atoms with Crippen LogP contribution in [0.4, 0.5) is 4.79 Å². The molecule has 6 nitrogen and oxygen atoms in total. The van der Waals surface area contributed by atoms with Crippen LogP contribution < -0.4 is 10.6 Å². The molecule has 0 aromatic carbocycles. The number of carbonyl (C=O) groups is 2. The number of hydrogen-bond donors (Lipinski definition) is 3. The van der Waals surface area contributed by atoms with Crippen LogP contribution in [0.2, 0.25) is 0 Å². The van der Waals surface area contributed by atoms with E-state index in [4.69, 9.17) is 9.84 Å². The zero-order valence-corrected chi connectivity index (χ0v) is 11.6. The van der Waals surface area contributed by atoms with Crippen molar-refractivity contribution in [2.75, 3.05) is 13.7 Å². The normalized spacial score (nSPS) is 17.6. The number of carboxylic acid groups (broad SMARTS) is 1. The first-order valence-electron chi connectivity index (χ1n) is 6.84. The first-order valence-corrected chi connectivity index (χ1v) is 6.84. The zero-order chi connectivity index (χ0) is 14.3. The Hall–Kier alpha value is -1.30. The summed E-state index contributed by atoms with van der Waals surface area (Å²) in [6.45, 7) is 2.51. The molecule has 1 aliphatic carbocycles. The molecule has 2 unspecified atom stereocenters. The Balaban J connectivity index is 2.39. The molecular formula is C13H24N2O4. The van der Waals surface area contributed by atoms with E-state index in [0.717, 1.165) is 25.7 Å². The number of hydrogen-bond acceptors (Lipinski definition) is 3. The third-order valence-electron chi connectivity index (χ3n) is 3.24. The smallest absolute Gasteiger partial charge is 0.315 e. The van der Waals surface area contributed by atoms with Gasteiger partial charge in [0.15, 0.2) is 0 Å². The number of rotatable bonds is 9. The number of amides is 2. The molecule has 2 atom stereocenters. The second-order valence-corrected chi connectivity index (χ2v) is 5.10. The first-order chi connectivity index (χ1) is 9.06. The molecule has 3 N–H and O–H groups in total. The van der Waals surface area contributed by atoms with Gasteiger partial charge in [-0.2, -0.15) is 0 Å². The predicted octanol–water partition coefficient (Wildman–Crippen LogP) is 1.35. The van der Waals surface area contributed by atoms with Gasteiger partial charge in [0.1, 0.15) is 0 Å². The minimum Gasteiger partial charge on any atom is -0.481 e. The summed E-state index contributed by atoms with van der Waals surface area (Å²) in [6.07, 6.45) is 3.77. The van der Waals surface area contributed by atoms with Gasteiger partial charge in [0.25, 0.3) is 0 Å². The molecule has 0 radical (unpaired) electrons. The zero-order valence-electron chi connectivity index (χ0n) is 11.6. The van der Waals surface area contributed by atoms with E-state index < -0.39 is 5.97 Å². The number of ether oxygens (including phenoxy) is 1. The van der Waals surface area contributed by atoms with Gasteiger partial charge >= 0.3 is 12.0 Å². The Bertz CT molecular complexity index is 299. The van der Waals surface area contributed by atoms with Crippen LogP contribution in [0.15, 0.2) is 0 Å².